The Kier molecular flexibility index (Phi) is 5.14. The van der Waals surface area contributed by atoms with Gasteiger partial charge in [-0.3, -0.25) is 34.3 Å². The van der Waals surface area contributed by atoms with Crippen molar-refractivity contribution in [1.29, 1.82) is 0 Å². The van der Waals surface area contributed by atoms with Gasteiger partial charge in [-0.25, -0.2) is 9.97 Å². The second-order valence-corrected chi connectivity index (χ2v) is 8.14. The number of rotatable bonds is 4. The Morgan fingerprint density at radius 2 is 1.66 bits per heavy atom. The number of nitrogens with zero attached hydrogens (tertiary/aromatic N) is 5. The molecule has 32 heavy (non-hydrogen) atoms. The molecule has 2 aromatic rings. The number of carbonyl (C=O) groups excluding carboxylic acids is 4. The molecule has 10 nitrogen and oxygen atoms in total. The highest BCUT2D eigenvalue weighted by atomic mass is 16.2. The lowest BCUT2D eigenvalue weighted by Crippen LogP contribution is -2.54. The number of piperazine rings is 1. The Labute approximate surface area is 184 Å². The lowest BCUT2D eigenvalue weighted by atomic mass is 10.0. The van der Waals surface area contributed by atoms with Gasteiger partial charge in [0.05, 0.1) is 11.1 Å². The summed E-state index contributed by atoms with van der Waals surface area (Å²) in [6.07, 6.45) is 3.72. The van der Waals surface area contributed by atoms with Crippen molar-refractivity contribution in [3.63, 3.8) is 0 Å². The minimum Gasteiger partial charge on any atom is -0.338 e. The number of piperidine rings is 1. The summed E-state index contributed by atoms with van der Waals surface area (Å²) >= 11 is 0. The largest absolute Gasteiger partial charge is 0.338 e. The standard InChI is InChI=1S/C22H22N6O4/c29-18-5-4-17(19(30)25-18)28-20(31)15-3-2-14(12-16(15)21(28)32)13-26-8-10-27(11-9-26)22-23-6-1-7-24-22/h1-3,6-7,12,17H,4-5,8-11,13H2,(H,25,29,30). The average Bonchev–Trinajstić information content (AvgIpc) is 3.05. The molecule has 164 valence electrons. The number of hydrogen-bond acceptors (Lipinski definition) is 8. The summed E-state index contributed by atoms with van der Waals surface area (Å²) in [4.78, 5) is 63.4. The maximum absolute atomic E-state index is 13.0. The average molecular weight is 434 g/mol. The van der Waals surface area contributed by atoms with Gasteiger partial charge >= 0.3 is 0 Å². The van der Waals surface area contributed by atoms with E-state index in [4.69, 9.17) is 0 Å². The van der Waals surface area contributed by atoms with E-state index in [0.717, 1.165) is 42.6 Å². The molecule has 1 aromatic carbocycles. The Morgan fingerprint density at radius 3 is 2.38 bits per heavy atom. The molecule has 3 aliphatic rings. The van der Waals surface area contributed by atoms with Crippen LogP contribution in [0.1, 0.15) is 39.1 Å². The van der Waals surface area contributed by atoms with Crippen molar-refractivity contribution < 1.29 is 19.2 Å². The highest BCUT2D eigenvalue weighted by Crippen LogP contribution is 2.28. The SMILES string of the molecule is O=C1CCC(N2C(=O)c3ccc(CN4CCN(c5ncccn5)CC4)cc3C2=O)C(=O)N1. The summed E-state index contributed by atoms with van der Waals surface area (Å²) in [5.74, 6) is -1.22. The first-order valence-corrected chi connectivity index (χ1v) is 10.6. The summed E-state index contributed by atoms with van der Waals surface area (Å²) in [5, 5.41) is 2.21. The van der Waals surface area contributed by atoms with Gasteiger partial charge in [0, 0.05) is 51.5 Å². The van der Waals surface area contributed by atoms with E-state index in [-0.39, 0.29) is 18.7 Å². The Hall–Kier alpha value is -3.66. The number of imide groups is 2. The van der Waals surface area contributed by atoms with E-state index in [1.807, 2.05) is 6.07 Å². The fraction of sp³-hybridized carbons (Fsp3) is 0.364. The molecule has 1 aromatic heterocycles. The first kappa shape index (κ1) is 20.3. The molecule has 0 bridgehead atoms. The molecule has 5 rings (SSSR count). The fourth-order valence-corrected chi connectivity index (χ4v) is 4.44. The van der Waals surface area contributed by atoms with Gasteiger partial charge in [-0.05, 0) is 30.2 Å². The number of fused-ring (bicyclic) bond motifs is 1. The number of carbonyl (C=O) groups is 4. The molecule has 1 N–H and O–H groups in total. The van der Waals surface area contributed by atoms with Crippen LogP contribution in [0.2, 0.25) is 0 Å². The smallest absolute Gasteiger partial charge is 0.262 e. The highest BCUT2D eigenvalue weighted by molar-refractivity contribution is 6.23. The van der Waals surface area contributed by atoms with E-state index in [9.17, 15) is 19.2 Å². The summed E-state index contributed by atoms with van der Waals surface area (Å²) in [6, 6.07) is 6.10. The van der Waals surface area contributed by atoms with E-state index in [1.54, 1.807) is 30.6 Å². The molecule has 0 spiro atoms. The quantitative estimate of drug-likeness (QED) is 0.679. The second kappa shape index (κ2) is 8.12. The number of aromatic nitrogens is 2. The van der Waals surface area contributed by atoms with Crippen molar-refractivity contribution in [2.75, 3.05) is 31.1 Å². The Balaban J connectivity index is 1.26. The highest BCUT2D eigenvalue weighted by Gasteiger charge is 2.44. The molecule has 4 heterocycles. The van der Waals surface area contributed by atoms with Crippen molar-refractivity contribution >= 4 is 29.6 Å². The predicted molar refractivity (Wildman–Crippen MR) is 113 cm³/mol. The van der Waals surface area contributed by atoms with Gasteiger partial charge in [0.25, 0.3) is 11.8 Å². The normalized spacial score (nSPS) is 21.7. The minimum absolute atomic E-state index is 0.106. The van der Waals surface area contributed by atoms with E-state index in [1.165, 1.54) is 0 Å². The van der Waals surface area contributed by atoms with Crippen LogP contribution in [0.5, 0.6) is 0 Å². The van der Waals surface area contributed by atoms with E-state index in [0.29, 0.717) is 17.7 Å². The van der Waals surface area contributed by atoms with Gasteiger partial charge in [-0.2, -0.15) is 0 Å². The first-order chi connectivity index (χ1) is 15.5. The van der Waals surface area contributed by atoms with Crippen molar-refractivity contribution in [2.45, 2.75) is 25.4 Å². The van der Waals surface area contributed by atoms with E-state index in [2.05, 4.69) is 25.1 Å². The summed E-state index contributed by atoms with van der Waals surface area (Å²) < 4.78 is 0. The van der Waals surface area contributed by atoms with Crippen LogP contribution in [-0.4, -0.2) is 75.6 Å². The van der Waals surface area contributed by atoms with Crippen LogP contribution in [0.15, 0.2) is 36.7 Å². The van der Waals surface area contributed by atoms with Gasteiger partial charge in [-0.1, -0.05) is 6.07 Å². The number of hydrogen-bond donors (Lipinski definition) is 1. The molecule has 1 unspecified atom stereocenters. The molecule has 0 aliphatic carbocycles. The third-order valence-corrected chi connectivity index (χ3v) is 6.12. The van der Waals surface area contributed by atoms with Crippen molar-refractivity contribution in [3.05, 3.63) is 53.3 Å². The monoisotopic (exact) mass is 434 g/mol. The third kappa shape index (κ3) is 3.62. The number of nitrogens with one attached hydrogen (secondary N) is 1. The fourth-order valence-electron chi connectivity index (χ4n) is 4.44. The number of benzene rings is 1. The van der Waals surface area contributed by atoms with Crippen molar-refractivity contribution in [3.8, 4) is 0 Å². The minimum atomic E-state index is -0.947. The second-order valence-electron chi connectivity index (χ2n) is 8.14. The maximum atomic E-state index is 13.0. The zero-order valence-corrected chi connectivity index (χ0v) is 17.4. The van der Waals surface area contributed by atoms with Crippen LogP contribution in [0.3, 0.4) is 0 Å². The molecule has 4 amide bonds. The predicted octanol–water partition coefficient (Wildman–Crippen LogP) is 0.200. The molecule has 0 saturated carbocycles. The zero-order valence-electron chi connectivity index (χ0n) is 17.4. The van der Waals surface area contributed by atoms with Gasteiger partial charge in [0.2, 0.25) is 17.8 Å². The van der Waals surface area contributed by atoms with E-state index >= 15 is 0 Å². The van der Waals surface area contributed by atoms with E-state index < -0.39 is 23.8 Å². The lowest BCUT2D eigenvalue weighted by Gasteiger charge is -2.34. The van der Waals surface area contributed by atoms with Gasteiger partial charge in [0.15, 0.2) is 0 Å². The summed E-state index contributed by atoms with van der Waals surface area (Å²) in [5.41, 5.74) is 1.54. The third-order valence-electron chi connectivity index (χ3n) is 6.12. The maximum Gasteiger partial charge on any atom is 0.262 e. The molecule has 2 fully saturated rings. The summed E-state index contributed by atoms with van der Waals surface area (Å²) in [7, 11) is 0. The number of anilines is 1. The van der Waals surface area contributed by atoms with Crippen LogP contribution in [0, 0.1) is 0 Å². The molecular formula is C22H22N6O4. The summed E-state index contributed by atoms with van der Waals surface area (Å²) in [6.45, 7) is 3.90. The van der Waals surface area contributed by atoms with Gasteiger partial charge < -0.3 is 4.90 Å². The van der Waals surface area contributed by atoms with Crippen molar-refractivity contribution in [1.82, 2.24) is 25.1 Å². The van der Waals surface area contributed by atoms with Crippen LogP contribution in [0.4, 0.5) is 5.95 Å². The molecule has 1 atom stereocenters. The molecular weight excluding hydrogens is 412 g/mol. The van der Waals surface area contributed by atoms with Gasteiger partial charge in [-0.15, -0.1) is 0 Å². The van der Waals surface area contributed by atoms with Crippen molar-refractivity contribution in [2.24, 2.45) is 0 Å². The van der Waals surface area contributed by atoms with Crippen LogP contribution < -0.4 is 10.2 Å². The molecule has 0 radical (unpaired) electrons. The topological polar surface area (TPSA) is 116 Å². The van der Waals surface area contributed by atoms with Crippen LogP contribution in [-0.2, 0) is 16.1 Å². The molecule has 2 saturated heterocycles. The molecule has 3 aliphatic heterocycles. The van der Waals surface area contributed by atoms with Crippen LogP contribution >= 0.6 is 0 Å². The van der Waals surface area contributed by atoms with Crippen LogP contribution in [0.25, 0.3) is 0 Å². The Morgan fingerprint density at radius 1 is 0.938 bits per heavy atom. The lowest BCUT2D eigenvalue weighted by molar-refractivity contribution is -0.136. The molecule has 10 heteroatoms. The number of amides is 4. The zero-order chi connectivity index (χ0) is 22.2. The first-order valence-electron chi connectivity index (χ1n) is 10.6. The van der Waals surface area contributed by atoms with Gasteiger partial charge in [0.1, 0.15) is 6.04 Å². The Bertz CT molecular complexity index is 1100.